The van der Waals surface area contributed by atoms with Gasteiger partial charge in [0.1, 0.15) is 0 Å². The monoisotopic (exact) mass is 297 g/mol. The average Bonchev–Trinajstić information content (AvgIpc) is 2.47. The third kappa shape index (κ3) is 5.61. The number of aliphatic carboxylic acids is 1. The zero-order chi connectivity index (χ0) is 15.7. The largest absolute Gasteiger partial charge is 0.481 e. The number of carboxylic acids is 1. The number of piperidine rings is 1. The fourth-order valence-corrected chi connectivity index (χ4v) is 3.73. The first-order valence-corrected chi connectivity index (χ1v) is 9.03. The fourth-order valence-electron chi connectivity index (χ4n) is 3.73. The molecule has 0 spiro atoms. The van der Waals surface area contributed by atoms with Gasteiger partial charge in [0, 0.05) is 12.6 Å². The summed E-state index contributed by atoms with van der Waals surface area (Å²) >= 11 is 0. The Morgan fingerprint density at radius 1 is 1.19 bits per heavy atom. The predicted molar refractivity (Wildman–Crippen MR) is 88.6 cm³/mol. The summed E-state index contributed by atoms with van der Waals surface area (Å²) in [5, 5.41) is 9.67. The number of likely N-dealkylation sites (tertiary alicyclic amines) is 1. The highest BCUT2D eigenvalue weighted by Gasteiger charge is 2.42. The number of carboxylic acid groups (broad SMARTS) is 1. The zero-order valence-electron chi connectivity index (χ0n) is 14.4. The van der Waals surface area contributed by atoms with E-state index in [0.29, 0.717) is 6.04 Å². The number of carbonyl (C=O) groups is 1. The topological polar surface area (TPSA) is 40.5 Å². The van der Waals surface area contributed by atoms with E-state index in [1.54, 1.807) is 0 Å². The van der Waals surface area contributed by atoms with Gasteiger partial charge in [-0.15, -0.1) is 0 Å². The third-order valence-electron chi connectivity index (χ3n) is 5.14. The second-order valence-corrected chi connectivity index (χ2v) is 6.96. The van der Waals surface area contributed by atoms with Crippen molar-refractivity contribution < 1.29 is 9.90 Å². The maximum absolute atomic E-state index is 11.7. The fraction of sp³-hybridized carbons (Fsp3) is 0.944. The second-order valence-electron chi connectivity index (χ2n) is 6.96. The molecule has 0 aromatic carbocycles. The molecule has 1 rings (SSSR count). The normalized spacial score (nSPS) is 24.9. The van der Waals surface area contributed by atoms with Gasteiger partial charge in [0.05, 0.1) is 5.41 Å². The molecule has 1 aliphatic heterocycles. The number of rotatable bonds is 10. The van der Waals surface area contributed by atoms with Crippen molar-refractivity contribution in [1.82, 2.24) is 4.90 Å². The molecule has 21 heavy (non-hydrogen) atoms. The molecule has 124 valence electrons. The van der Waals surface area contributed by atoms with Gasteiger partial charge in [0.15, 0.2) is 0 Å². The van der Waals surface area contributed by atoms with Crippen molar-refractivity contribution in [3.05, 3.63) is 0 Å². The van der Waals surface area contributed by atoms with Crippen molar-refractivity contribution in [2.45, 2.75) is 91.0 Å². The molecule has 2 unspecified atom stereocenters. The maximum atomic E-state index is 11.7. The quantitative estimate of drug-likeness (QED) is 0.594. The Balaban J connectivity index is 2.45. The molecule has 1 fully saturated rings. The van der Waals surface area contributed by atoms with Crippen molar-refractivity contribution >= 4 is 5.97 Å². The van der Waals surface area contributed by atoms with E-state index in [0.717, 1.165) is 38.8 Å². The van der Waals surface area contributed by atoms with Gasteiger partial charge < -0.3 is 5.11 Å². The Morgan fingerprint density at radius 2 is 1.90 bits per heavy atom. The van der Waals surface area contributed by atoms with Crippen LogP contribution in [0.25, 0.3) is 0 Å². The highest BCUT2D eigenvalue weighted by atomic mass is 16.4. The van der Waals surface area contributed by atoms with Crippen LogP contribution in [0.4, 0.5) is 0 Å². The zero-order valence-corrected chi connectivity index (χ0v) is 14.4. The maximum Gasteiger partial charge on any atom is 0.310 e. The van der Waals surface area contributed by atoms with Crippen LogP contribution in [0.15, 0.2) is 0 Å². The molecule has 0 aliphatic carbocycles. The minimum absolute atomic E-state index is 0.483. The lowest BCUT2D eigenvalue weighted by molar-refractivity contribution is -0.153. The molecule has 0 saturated carbocycles. The van der Waals surface area contributed by atoms with Gasteiger partial charge in [-0.1, -0.05) is 52.4 Å². The van der Waals surface area contributed by atoms with E-state index in [4.69, 9.17) is 0 Å². The van der Waals surface area contributed by atoms with Crippen LogP contribution in [-0.4, -0.2) is 35.1 Å². The molecule has 0 aromatic heterocycles. The molecule has 0 amide bonds. The standard InChI is InChI=1S/C18H35NO2/c1-4-6-7-8-9-11-16(3)19-14-10-13-18(15-19,12-5-2)17(20)21/h16H,4-15H2,1-3H3,(H,20,21). The first kappa shape index (κ1) is 18.5. The highest BCUT2D eigenvalue weighted by molar-refractivity contribution is 5.75. The van der Waals surface area contributed by atoms with Gasteiger partial charge in [-0.05, 0) is 39.2 Å². The summed E-state index contributed by atoms with van der Waals surface area (Å²) in [6, 6.07) is 0.530. The second kappa shape index (κ2) is 9.45. The molecule has 1 N–H and O–H groups in total. The molecule has 1 heterocycles. The van der Waals surface area contributed by atoms with Crippen LogP contribution in [0, 0.1) is 5.41 Å². The molecule has 1 aliphatic rings. The van der Waals surface area contributed by atoms with Gasteiger partial charge in [-0.25, -0.2) is 0 Å². The molecule has 0 bridgehead atoms. The molecule has 3 heteroatoms. The lowest BCUT2D eigenvalue weighted by atomic mass is 9.76. The Labute approximate surface area is 131 Å². The van der Waals surface area contributed by atoms with Crippen LogP contribution >= 0.6 is 0 Å². The van der Waals surface area contributed by atoms with Crippen molar-refractivity contribution in [3.8, 4) is 0 Å². The van der Waals surface area contributed by atoms with E-state index in [1.165, 1.54) is 38.5 Å². The van der Waals surface area contributed by atoms with Crippen molar-refractivity contribution in [2.75, 3.05) is 13.1 Å². The van der Waals surface area contributed by atoms with Crippen LogP contribution in [0.1, 0.15) is 85.0 Å². The molecule has 2 atom stereocenters. The van der Waals surface area contributed by atoms with E-state index in [-0.39, 0.29) is 0 Å². The smallest absolute Gasteiger partial charge is 0.310 e. The van der Waals surface area contributed by atoms with Gasteiger partial charge in [0.25, 0.3) is 0 Å². The summed E-state index contributed by atoms with van der Waals surface area (Å²) < 4.78 is 0. The van der Waals surface area contributed by atoms with Gasteiger partial charge >= 0.3 is 5.97 Å². The predicted octanol–water partition coefficient (Wildman–Crippen LogP) is 4.70. The van der Waals surface area contributed by atoms with Crippen molar-refractivity contribution in [2.24, 2.45) is 5.41 Å². The summed E-state index contributed by atoms with van der Waals surface area (Å²) in [4.78, 5) is 14.2. The summed E-state index contributed by atoms with van der Waals surface area (Å²) in [5.41, 5.74) is -0.483. The van der Waals surface area contributed by atoms with Crippen molar-refractivity contribution in [1.29, 1.82) is 0 Å². The van der Waals surface area contributed by atoms with E-state index >= 15 is 0 Å². The van der Waals surface area contributed by atoms with E-state index in [2.05, 4.69) is 25.7 Å². The highest BCUT2D eigenvalue weighted by Crippen LogP contribution is 2.36. The Hall–Kier alpha value is -0.570. The molecule has 0 radical (unpaired) electrons. The molecular formula is C18H35NO2. The number of hydrogen-bond donors (Lipinski definition) is 1. The lowest BCUT2D eigenvalue weighted by Crippen LogP contribution is -2.50. The lowest BCUT2D eigenvalue weighted by Gasteiger charge is -2.42. The van der Waals surface area contributed by atoms with Crippen LogP contribution in [0.3, 0.4) is 0 Å². The minimum Gasteiger partial charge on any atom is -0.481 e. The molecule has 3 nitrogen and oxygen atoms in total. The Morgan fingerprint density at radius 3 is 2.52 bits per heavy atom. The molecule has 0 aromatic rings. The Kier molecular flexibility index (Phi) is 8.31. The third-order valence-corrected chi connectivity index (χ3v) is 5.14. The van der Waals surface area contributed by atoms with Crippen LogP contribution in [0.2, 0.25) is 0 Å². The van der Waals surface area contributed by atoms with Gasteiger partial charge in [0.2, 0.25) is 0 Å². The SMILES string of the molecule is CCCCCCCC(C)N1CCCC(CCC)(C(=O)O)C1. The van der Waals surface area contributed by atoms with E-state index in [1.807, 2.05) is 0 Å². The van der Waals surface area contributed by atoms with Gasteiger partial charge in [-0.2, -0.15) is 0 Å². The summed E-state index contributed by atoms with van der Waals surface area (Å²) in [6.07, 6.45) is 11.5. The number of hydrogen-bond acceptors (Lipinski definition) is 2. The van der Waals surface area contributed by atoms with E-state index < -0.39 is 11.4 Å². The first-order valence-electron chi connectivity index (χ1n) is 9.03. The van der Waals surface area contributed by atoms with Crippen LogP contribution < -0.4 is 0 Å². The molecular weight excluding hydrogens is 262 g/mol. The van der Waals surface area contributed by atoms with Crippen LogP contribution in [0.5, 0.6) is 0 Å². The van der Waals surface area contributed by atoms with Crippen molar-refractivity contribution in [3.63, 3.8) is 0 Å². The summed E-state index contributed by atoms with van der Waals surface area (Å²) in [6.45, 7) is 8.46. The van der Waals surface area contributed by atoms with Gasteiger partial charge in [-0.3, -0.25) is 9.69 Å². The Bertz CT molecular complexity index is 302. The minimum atomic E-state index is -0.579. The summed E-state index contributed by atoms with van der Waals surface area (Å²) in [7, 11) is 0. The summed E-state index contributed by atoms with van der Waals surface area (Å²) in [5.74, 6) is -0.579. The first-order chi connectivity index (χ1) is 10.1. The average molecular weight is 297 g/mol. The number of nitrogens with zero attached hydrogens (tertiary/aromatic N) is 1. The van der Waals surface area contributed by atoms with Crippen LogP contribution in [-0.2, 0) is 4.79 Å². The molecule has 1 saturated heterocycles. The number of unbranched alkanes of at least 4 members (excludes halogenated alkanes) is 4. The van der Waals surface area contributed by atoms with E-state index in [9.17, 15) is 9.90 Å².